The molecule has 70 valence electrons. The maximum Gasteiger partial charge on any atom is 0.0574 e. The summed E-state index contributed by atoms with van der Waals surface area (Å²) in [6.07, 6.45) is 5.08. The molecule has 2 nitrogen and oxygen atoms in total. The lowest BCUT2D eigenvalue weighted by atomic mass is 9.97. The molecule has 0 rings (SSSR count). The fourth-order valence-electron chi connectivity index (χ4n) is 0.801. The van der Waals surface area contributed by atoms with Gasteiger partial charge in [-0.3, -0.25) is 0 Å². The highest BCUT2D eigenvalue weighted by Gasteiger charge is 2.07. The summed E-state index contributed by atoms with van der Waals surface area (Å²) in [5, 5.41) is 6.48. The molecule has 0 aliphatic rings. The molecular weight excluding hydrogens is 148 g/mol. The van der Waals surface area contributed by atoms with E-state index in [1.165, 1.54) is 0 Å². The fraction of sp³-hybridized carbons (Fsp3) is 0.800. The highest BCUT2D eigenvalue weighted by molar-refractivity contribution is 4.86. The van der Waals surface area contributed by atoms with Crippen LogP contribution in [0.2, 0.25) is 0 Å². The van der Waals surface area contributed by atoms with Gasteiger partial charge in [0.15, 0.2) is 0 Å². The van der Waals surface area contributed by atoms with Gasteiger partial charge in [-0.1, -0.05) is 26.7 Å². The molecule has 0 aliphatic heterocycles. The van der Waals surface area contributed by atoms with Crippen LogP contribution < -0.4 is 10.6 Å². The lowest BCUT2D eigenvalue weighted by molar-refractivity contribution is 0.380. The fourth-order valence-corrected chi connectivity index (χ4v) is 0.801. The van der Waals surface area contributed by atoms with E-state index in [1.807, 2.05) is 0 Å². The van der Waals surface area contributed by atoms with Crippen LogP contribution in [0.1, 0.15) is 20.8 Å². The van der Waals surface area contributed by atoms with E-state index < -0.39 is 0 Å². The van der Waals surface area contributed by atoms with Crippen LogP contribution in [0.25, 0.3) is 0 Å². The summed E-state index contributed by atoms with van der Waals surface area (Å²) < 4.78 is 0. The van der Waals surface area contributed by atoms with Crippen molar-refractivity contribution in [3.63, 3.8) is 0 Å². The summed E-state index contributed by atoms with van der Waals surface area (Å²) in [6.45, 7) is 10.3. The zero-order chi connectivity index (χ0) is 9.45. The Morgan fingerprint density at radius 1 is 1.17 bits per heavy atom. The van der Waals surface area contributed by atoms with Gasteiger partial charge in [0, 0.05) is 19.6 Å². The van der Waals surface area contributed by atoms with Crippen LogP contribution in [0.15, 0.2) is 0 Å². The van der Waals surface area contributed by atoms with Gasteiger partial charge in [0.25, 0.3) is 0 Å². The van der Waals surface area contributed by atoms with Crippen LogP contribution in [0.4, 0.5) is 0 Å². The summed E-state index contributed by atoms with van der Waals surface area (Å²) in [6, 6.07) is 0. The van der Waals surface area contributed by atoms with E-state index in [0.717, 1.165) is 19.6 Å². The van der Waals surface area contributed by atoms with Crippen molar-refractivity contribution in [3.8, 4) is 12.3 Å². The molecule has 0 fully saturated rings. The first kappa shape index (κ1) is 11.5. The largest absolute Gasteiger partial charge is 0.315 e. The van der Waals surface area contributed by atoms with Gasteiger partial charge in [-0.05, 0) is 5.41 Å². The quantitative estimate of drug-likeness (QED) is 0.469. The average Bonchev–Trinajstić information content (AvgIpc) is 1.94. The van der Waals surface area contributed by atoms with Crippen molar-refractivity contribution >= 4 is 0 Å². The highest BCUT2D eigenvalue weighted by atomic mass is 14.9. The predicted molar refractivity (Wildman–Crippen MR) is 54.0 cm³/mol. The van der Waals surface area contributed by atoms with E-state index >= 15 is 0 Å². The smallest absolute Gasteiger partial charge is 0.0574 e. The van der Waals surface area contributed by atoms with Crippen molar-refractivity contribution in [2.24, 2.45) is 5.41 Å². The second kappa shape index (κ2) is 6.05. The zero-order valence-electron chi connectivity index (χ0n) is 8.41. The molecule has 0 aromatic rings. The Morgan fingerprint density at radius 3 is 2.25 bits per heavy atom. The SMILES string of the molecule is C#CCNCCNCC(C)(C)C. The van der Waals surface area contributed by atoms with E-state index in [9.17, 15) is 0 Å². The van der Waals surface area contributed by atoms with Gasteiger partial charge in [-0.25, -0.2) is 0 Å². The van der Waals surface area contributed by atoms with Crippen molar-refractivity contribution in [2.45, 2.75) is 20.8 Å². The van der Waals surface area contributed by atoms with E-state index in [2.05, 4.69) is 37.3 Å². The highest BCUT2D eigenvalue weighted by Crippen LogP contribution is 2.09. The lowest BCUT2D eigenvalue weighted by Gasteiger charge is -2.18. The second-order valence-corrected chi connectivity index (χ2v) is 4.12. The molecule has 0 aliphatic carbocycles. The summed E-state index contributed by atoms with van der Waals surface area (Å²) >= 11 is 0. The summed E-state index contributed by atoms with van der Waals surface area (Å²) in [5.41, 5.74) is 0.367. The van der Waals surface area contributed by atoms with Crippen LogP contribution >= 0.6 is 0 Å². The molecular formula is C10H20N2. The zero-order valence-corrected chi connectivity index (χ0v) is 8.41. The maximum absolute atomic E-state index is 5.08. The Bertz CT molecular complexity index is 139. The Kier molecular flexibility index (Phi) is 5.79. The van der Waals surface area contributed by atoms with Crippen molar-refractivity contribution in [3.05, 3.63) is 0 Å². The van der Waals surface area contributed by atoms with Crippen molar-refractivity contribution in [1.82, 2.24) is 10.6 Å². The molecule has 0 heterocycles. The Morgan fingerprint density at radius 2 is 1.75 bits per heavy atom. The Balaban J connectivity index is 3.07. The molecule has 0 amide bonds. The number of nitrogens with one attached hydrogen (secondary N) is 2. The van der Waals surface area contributed by atoms with Crippen molar-refractivity contribution in [1.29, 1.82) is 0 Å². The molecule has 2 heteroatoms. The van der Waals surface area contributed by atoms with Crippen LogP contribution in [0.5, 0.6) is 0 Å². The van der Waals surface area contributed by atoms with Crippen LogP contribution in [-0.4, -0.2) is 26.2 Å². The summed E-state index contributed by atoms with van der Waals surface area (Å²) in [7, 11) is 0. The first-order valence-corrected chi connectivity index (χ1v) is 4.41. The third kappa shape index (κ3) is 9.48. The molecule has 12 heavy (non-hydrogen) atoms. The second-order valence-electron chi connectivity index (χ2n) is 4.12. The summed E-state index contributed by atoms with van der Waals surface area (Å²) in [5.74, 6) is 2.54. The van der Waals surface area contributed by atoms with Gasteiger partial charge in [-0.2, -0.15) is 0 Å². The molecule has 2 N–H and O–H groups in total. The Hall–Kier alpha value is -0.520. The van der Waals surface area contributed by atoms with Crippen molar-refractivity contribution < 1.29 is 0 Å². The predicted octanol–water partition coefficient (Wildman–Crippen LogP) is 0.845. The van der Waals surface area contributed by atoms with E-state index in [1.54, 1.807) is 0 Å². The van der Waals surface area contributed by atoms with Gasteiger partial charge < -0.3 is 10.6 Å². The maximum atomic E-state index is 5.08. The third-order valence-corrected chi connectivity index (χ3v) is 1.36. The molecule has 0 saturated heterocycles. The van der Waals surface area contributed by atoms with Gasteiger partial charge in [0.2, 0.25) is 0 Å². The number of rotatable bonds is 5. The first-order chi connectivity index (χ1) is 5.56. The van der Waals surface area contributed by atoms with E-state index in [4.69, 9.17) is 6.42 Å². The van der Waals surface area contributed by atoms with E-state index in [0.29, 0.717) is 12.0 Å². The summed E-state index contributed by atoms with van der Waals surface area (Å²) in [4.78, 5) is 0. The monoisotopic (exact) mass is 168 g/mol. The first-order valence-electron chi connectivity index (χ1n) is 4.41. The lowest BCUT2D eigenvalue weighted by Crippen LogP contribution is -2.33. The molecule has 0 atom stereocenters. The number of hydrogen-bond acceptors (Lipinski definition) is 2. The number of terminal acetylenes is 1. The minimum atomic E-state index is 0.367. The molecule has 0 aromatic heterocycles. The average molecular weight is 168 g/mol. The molecule has 0 radical (unpaired) electrons. The molecule has 0 bridgehead atoms. The number of hydrogen-bond donors (Lipinski definition) is 2. The van der Waals surface area contributed by atoms with Gasteiger partial charge in [-0.15, -0.1) is 6.42 Å². The normalized spacial score (nSPS) is 11.2. The van der Waals surface area contributed by atoms with Crippen LogP contribution in [-0.2, 0) is 0 Å². The molecule has 0 unspecified atom stereocenters. The van der Waals surface area contributed by atoms with Crippen LogP contribution in [0.3, 0.4) is 0 Å². The van der Waals surface area contributed by atoms with Crippen molar-refractivity contribution in [2.75, 3.05) is 26.2 Å². The minimum absolute atomic E-state index is 0.367. The molecule has 0 spiro atoms. The molecule has 0 saturated carbocycles. The minimum Gasteiger partial charge on any atom is -0.315 e. The third-order valence-electron chi connectivity index (χ3n) is 1.36. The topological polar surface area (TPSA) is 24.1 Å². The standard InChI is InChI=1S/C10H20N2/c1-5-6-11-7-8-12-9-10(2,3)4/h1,11-12H,6-9H2,2-4H3. The van der Waals surface area contributed by atoms with Gasteiger partial charge in [0.1, 0.15) is 0 Å². The van der Waals surface area contributed by atoms with Crippen LogP contribution in [0, 0.1) is 17.8 Å². The molecule has 0 aromatic carbocycles. The van der Waals surface area contributed by atoms with E-state index in [-0.39, 0.29) is 0 Å². The van der Waals surface area contributed by atoms with Gasteiger partial charge in [0.05, 0.1) is 6.54 Å². The Labute approximate surface area is 76.1 Å². The van der Waals surface area contributed by atoms with Gasteiger partial charge >= 0.3 is 0 Å².